The van der Waals surface area contributed by atoms with Crippen molar-refractivity contribution >= 4 is 17.9 Å². The number of halogens is 1. The van der Waals surface area contributed by atoms with Crippen LogP contribution in [-0.4, -0.2) is 6.29 Å². The van der Waals surface area contributed by atoms with E-state index < -0.39 is 0 Å². The third-order valence-electron chi connectivity index (χ3n) is 3.40. The molecule has 0 aliphatic carbocycles. The normalized spacial score (nSPS) is 11.9. The van der Waals surface area contributed by atoms with Crippen LogP contribution in [0.4, 0.5) is 0 Å². The number of ether oxygens (including phenoxy) is 1. The van der Waals surface area contributed by atoms with Gasteiger partial charge < -0.3 is 4.74 Å². The lowest BCUT2D eigenvalue weighted by molar-refractivity contribution is 0.112. The Balaban J connectivity index is 2.14. The van der Waals surface area contributed by atoms with Crippen LogP contribution in [0.1, 0.15) is 42.1 Å². The number of aldehydes is 1. The molecule has 0 bridgehead atoms. The predicted molar refractivity (Wildman–Crippen MR) is 82.1 cm³/mol. The number of rotatable bonds is 5. The van der Waals surface area contributed by atoms with Gasteiger partial charge in [0, 0.05) is 11.6 Å². The fourth-order valence-electron chi connectivity index (χ4n) is 1.90. The Bertz CT molecular complexity index is 590. The van der Waals surface area contributed by atoms with E-state index in [-0.39, 0.29) is 0 Å². The molecule has 20 heavy (non-hydrogen) atoms. The molecular weight excluding hydrogens is 272 g/mol. The van der Waals surface area contributed by atoms with E-state index in [1.54, 1.807) is 18.2 Å². The predicted octanol–water partition coefficient (Wildman–Crippen LogP) is 5.46. The molecule has 0 radical (unpaired) electrons. The van der Waals surface area contributed by atoms with Gasteiger partial charge in [0.25, 0.3) is 0 Å². The van der Waals surface area contributed by atoms with E-state index in [0.717, 1.165) is 18.5 Å². The molecule has 1 unspecified atom stereocenters. The summed E-state index contributed by atoms with van der Waals surface area (Å²) >= 11 is 5.97. The van der Waals surface area contributed by atoms with Crippen molar-refractivity contribution in [2.75, 3.05) is 0 Å². The van der Waals surface area contributed by atoms with Gasteiger partial charge in [-0.05, 0) is 42.2 Å². The summed E-state index contributed by atoms with van der Waals surface area (Å²) in [6.45, 7) is 4.37. The zero-order chi connectivity index (χ0) is 14.5. The molecule has 2 rings (SSSR count). The number of carbonyl (C=O) groups is 1. The first-order valence-electron chi connectivity index (χ1n) is 6.66. The van der Waals surface area contributed by atoms with Crippen LogP contribution in [0.15, 0.2) is 42.5 Å². The van der Waals surface area contributed by atoms with Crippen molar-refractivity contribution < 1.29 is 9.53 Å². The van der Waals surface area contributed by atoms with E-state index in [9.17, 15) is 4.79 Å². The maximum atomic E-state index is 10.7. The lowest BCUT2D eigenvalue weighted by atomic mass is 9.99. The lowest BCUT2D eigenvalue weighted by Gasteiger charge is -2.11. The number of hydrogen-bond acceptors (Lipinski definition) is 2. The second kappa shape index (κ2) is 6.58. The highest BCUT2D eigenvalue weighted by molar-refractivity contribution is 6.33. The highest BCUT2D eigenvalue weighted by Gasteiger charge is 2.05. The molecule has 1 atom stereocenters. The van der Waals surface area contributed by atoms with Crippen LogP contribution >= 0.6 is 11.6 Å². The monoisotopic (exact) mass is 288 g/mol. The maximum Gasteiger partial charge on any atom is 0.151 e. The van der Waals surface area contributed by atoms with Gasteiger partial charge in [-0.25, -0.2) is 0 Å². The van der Waals surface area contributed by atoms with Crippen molar-refractivity contribution in [2.45, 2.75) is 26.2 Å². The Morgan fingerprint density at radius 1 is 1.15 bits per heavy atom. The van der Waals surface area contributed by atoms with Crippen LogP contribution in [0.2, 0.25) is 5.02 Å². The molecule has 0 spiro atoms. The SMILES string of the molecule is CCC(C)c1ccc(Oc2ccc(C=O)c(Cl)c2)cc1. The molecule has 104 valence electrons. The summed E-state index contributed by atoms with van der Waals surface area (Å²) in [6, 6.07) is 13.1. The number of benzene rings is 2. The van der Waals surface area contributed by atoms with Gasteiger partial charge in [0.15, 0.2) is 6.29 Å². The van der Waals surface area contributed by atoms with E-state index >= 15 is 0 Å². The third-order valence-corrected chi connectivity index (χ3v) is 3.72. The summed E-state index contributed by atoms with van der Waals surface area (Å²) in [5.41, 5.74) is 1.76. The molecule has 0 heterocycles. The summed E-state index contributed by atoms with van der Waals surface area (Å²) in [5, 5.41) is 0.397. The largest absolute Gasteiger partial charge is 0.457 e. The number of carbonyl (C=O) groups excluding carboxylic acids is 1. The first-order valence-corrected chi connectivity index (χ1v) is 7.04. The summed E-state index contributed by atoms with van der Waals surface area (Å²) in [4.78, 5) is 10.7. The second-order valence-electron chi connectivity index (χ2n) is 4.78. The molecule has 3 heteroatoms. The first kappa shape index (κ1) is 14.6. The summed E-state index contributed by atoms with van der Waals surface area (Å²) in [6.07, 6.45) is 1.84. The molecule has 0 amide bonds. The minimum atomic E-state index is 0.397. The van der Waals surface area contributed by atoms with Crippen LogP contribution in [0.5, 0.6) is 11.5 Å². The van der Waals surface area contributed by atoms with E-state index in [1.165, 1.54) is 5.56 Å². The van der Waals surface area contributed by atoms with Crippen molar-refractivity contribution in [2.24, 2.45) is 0 Å². The molecule has 0 saturated carbocycles. The van der Waals surface area contributed by atoms with Crippen molar-refractivity contribution in [3.05, 3.63) is 58.6 Å². The highest BCUT2D eigenvalue weighted by Crippen LogP contribution is 2.28. The Morgan fingerprint density at radius 3 is 2.35 bits per heavy atom. The molecule has 0 aromatic heterocycles. The van der Waals surface area contributed by atoms with Gasteiger partial charge in [0.1, 0.15) is 11.5 Å². The van der Waals surface area contributed by atoms with Crippen molar-refractivity contribution in [3.63, 3.8) is 0 Å². The summed E-state index contributed by atoms with van der Waals surface area (Å²) in [7, 11) is 0. The van der Waals surface area contributed by atoms with Crippen molar-refractivity contribution in [1.29, 1.82) is 0 Å². The fourth-order valence-corrected chi connectivity index (χ4v) is 2.12. The highest BCUT2D eigenvalue weighted by atomic mass is 35.5. The minimum absolute atomic E-state index is 0.397. The lowest BCUT2D eigenvalue weighted by Crippen LogP contribution is -1.91. The van der Waals surface area contributed by atoms with Crippen LogP contribution in [0.25, 0.3) is 0 Å². The summed E-state index contributed by atoms with van der Waals surface area (Å²) in [5.74, 6) is 1.93. The maximum absolute atomic E-state index is 10.7. The molecule has 0 saturated heterocycles. The molecule has 2 nitrogen and oxygen atoms in total. The van der Waals surface area contributed by atoms with Gasteiger partial charge in [-0.15, -0.1) is 0 Å². The van der Waals surface area contributed by atoms with E-state index in [2.05, 4.69) is 26.0 Å². The zero-order valence-corrected chi connectivity index (χ0v) is 12.4. The first-order chi connectivity index (χ1) is 9.63. The van der Waals surface area contributed by atoms with Gasteiger partial charge in [0.2, 0.25) is 0 Å². The van der Waals surface area contributed by atoms with Crippen LogP contribution < -0.4 is 4.74 Å². The minimum Gasteiger partial charge on any atom is -0.457 e. The van der Waals surface area contributed by atoms with Gasteiger partial charge >= 0.3 is 0 Å². The molecule has 0 aliphatic rings. The molecule has 2 aromatic carbocycles. The average Bonchev–Trinajstić information content (AvgIpc) is 2.47. The van der Waals surface area contributed by atoms with Gasteiger partial charge in [-0.1, -0.05) is 37.6 Å². The Kier molecular flexibility index (Phi) is 4.80. The quantitative estimate of drug-likeness (QED) is 0.683. The molecule has 0 N–H and O–H groups in total. The van der Waals surface area contributed by atoms with E-state index in [0.29, 0.717) is 22.3 Å². The third kappa shape index (κ3) is 3.40. The Hall–Kier alpha value is -1.80. The Morgan fingerprint density at radius 2 is 1.80 bits per heavy atom. The van der Waals surface area contributed by atoms with Gasteiger partial charge in [-0.3, -0.25) is 4.79 Å². The molecule has 2 aromatic rings. The van der Waals surface area contributed by atoms with Crippen molar-refractivity contribution in [1.82, 2.24) is 0 Å². The van der Waals surface area contributed by atoms with E-state index in [4.69, 9.17) is 16.3 Å². The standard InChI is InChI=1S/C17H17ClO2/c1-3-12(2)13-4-7-15(8-5-13)20-16-9-6-14(11-19)17(18)10-16/h4-12H,3H2,1-2H3. The zero-order valence-electron chi connectivity index (χ0n) is 11.6. The summed E-state index contributed by atoms with van der Waals surface area (Å²) < 4.78 is 5.73. The molecule has 0 fully saturated rings. The topological polar surface area (TPSA) is 26.3 Å². The van der Waals surface area contributed by atoms with Crippen LogP contribution in [-0.2, 0) is 0 Å². The van der Waals surface area contributed by atoms with Crippen LogP contribution in [0, 0.1) is 0 Å². The van der Waals surface area contributed by atoms with Gasteiger partial charge in [-0.2, -0.15) is 0 Å². The van der Waals surface area contributed by atoms with Crippen molar-refractivity contribution in [3.8, 4) is 11.5 Å². The Labute approximate surface area is 124 Å². The smallest absolute Gasteiger partial charge is 0.151 e. The number of hydrogen-bond donors (Lipinski definition) is 0. The molecule has 0 aliphatic heterocycles. The average molecular weight is 289 g/mol. The van der Waals surface area contributed by atoms with Crippen LogP contribution in [0.3, 0.4) is 0 Å². The van der Waals surface area contributed by atoms with E-state index in [1.807, 2.05) is 12.1 Å². The molecular formula is C17H17ClO2. The van der Waals surface area contributed by atoms with Gasteiger partial charge in [0.05, 0.1) is 5.02 Å². The fraction of sp³-hybridized carbons (Fsp3) is 0.235. The second-order valence-corrected chi connectivity index (χ2v) is 5.19.